The van der Waals surface area contributed by atoms with E-state index in [1.165, 1.54) is 0 Å². The van der Waals surface area contributed by atoms with E-state index in [0.717, 1.165) is 66.8 Å². The van der Waals surface area contributed by atoms with E-state index in [0.29, 0.717) is 0 Å². The Labute approximate surface area is 182 Å². The van der Waals surface area contributed by atoms with Crippen LogP contribution < -0.4 is 0 Å². The standard InChI is InChI=1S/C26H18N6/c1-15-16(2)28-24-23(27-15)17-9-3-6-12-20(17)31-21-13-7-4-10-18(21)29-25(31)26-30-19-11-5-8-14-22(19)32(24)26/h3-14H,1-2H3. The summed E-state index contributed by atoms with van der Waals surface area (Å²) < 4.78 is 4.31. The van der Waals surface area contributed by atoms with Crippen LogP contribution in [0.2, 0.25) is 0 Å². The van der Waals surface area contributed by atoms with Gasteiger partial charge in [0.15, 0.2) is 16.9 Å². The number of benzene rings is 3. The SMILES string of the molecule is Cc1nc2c3ccccc3n3c4ccccc4nc3c3nc4ccccc4n3c2nc1C. The van der Waals surface area contributed by atoms with Crippen LogP contribution in [0.4, 0.5) is 0 Å². The van der Waals surface area contributed by atoms with Gasteiger partial charge in [0.25, 0.3) is 0 Å². The van der Waals surface area contributed by atoms with Crippen molar-refractivity contribution in [1.82, 2.24) is 28.7 Å². The first kappa shape index (κ1) is 17.4. The van der Waals surface area contributed by atoms with Crippen LogP contribution in [0, 0.1) is 13.8 Å². The van der Waals surface area contributed by atoms with Crippen molar-refractivity contribution in [2.75, 3.05) is 0 Å². The van der Waals surface area contributed by atoms with Crippen LogP contribution in [0.15, 0.2) is 72.8 Å². The van der Waals surface area contributed by atoms with Crippen LogP contribution in [0.25, 0.3) is 55.4 Å². The van der Waals surface area contributed by atoms with Crippen LogP contribution in [0.1, 0.15) is 11.4 Å². The summed E-state index contributed by atoms with van der Waals surface area (Å²) in [5.41, 5.74) is 9.87. The van der Waals surface area contributed by atoms with E-state index < -0.39 is 0 Å². The predicted octanol–water partition coefficient (Wildman–Crippen LogP) is 5.56. The van der Waals surface area contributed by atoms with E-state index in [-0.39, 0.29) is 0 Å². The van der Waals surface area contributed by atoms with Crippen molar-refractivity contribution in [3.63, 3.8) is 0 Å². The summed E-state index contributed by atoms with van der Waals surface area (Å²) in [5, 5.41) is 1.02. The molecule has 0 aliphatic heterocycles. The quantitative estimate of drug-likeness (QED) is 0.326. The fourth-order valence-electron chi connectivity index (χ4n) is 4.61. The summed E-state index contributed by atoms with van der Waals surface area (Å²) in [6.45, 7) is 4.01. The Bertz CT molecular complexity index is 1910. The second kappa shape index (κ2) is 6.11. The van der Waals surface area contributed by atoms with Crippen molar-refractivity contribution >= 4 is 55.4 Å². The molecule has 152 valence electrons. The molecule has 7 rings (SSSR count). The molecule has 0 atom stereocenters. The van der Waals surface area contributed by atoms with E-state index in [2.05, 4.69) is 39.1 Å². The molecule has 32 heavy (non-hydrogen) atoms. The van der Waals surface area contributed by atoms with Gasteiger partial charge in [-0.1, -0.05) is 42.5 Å². The van der Waals surface area contributed by atoms with Gasteiger partial charge in [-0.2, -0.15) is 0 Å². The minimum atomic E-state index is 0.760. The number of hydrogen-bond acceptors (Lipinski definition) is 4. The number of fused-ring (bicyclic) bond motifs is 12. The number of imidazole rings is 2. The van der Waals surface area contributed by atoms with Crippen molar-refractivity contribution in [2.45, 2.75) is 13.8 Å². The molecule has 0 radical (unpaired) electrons. The van der Waals surface area contributed by atoms with Crippen LogP contribution >= 0.6 is 0 Å². The number of para-hydroxylation sites is 5. The van der Waals surface area contributed by atoms with Crippen molar-refractivity contribution in [3.8, 4) is 0 Å². The largest absolute Gasteiger partial charge is 0.289 e. The smallest absolute Gasteiger partial charge is 0.183 e. The van der Waals surface area contributed by atoms with E-state index >= 15 is 0 Å². The van der Waals surface area contributed by atoms with Crippen LogP contribution in [-0.4, -0.2) is 28.7 Å². The zero-order valence-electron chi connectivity index (χ0n) is 17.6. The topological polar surface area (TPSA) is 60.4 Å². The second-order valence-electron chi connectivity index (χ2n) is 8.10. The highest BCUT2D eigenvalue weighted by Gasteiger charge is 2.17. The molecular weight excluding hydrogens is 396 g/mol. The predicted molar refractivity (Wildman–Crippen MR) is 128 cm³/mol. The van der Waals surface area contributed by atoms with Gasteiger partial charge in [0, 0.05) is 5.39 Å². The summed E-state index contributed by atoms with van der Waals surface area (Å²) in [5.74, 6) is 0. The maximum absolute atomic E-state index is 5.03. The Kier molecular flexibility index (Phi) is 3.31. The highest BCUT2D eigenvalue weighted by Crippen LogP contribution is 2.30. The Morgan fingerprint density at radius 3 is 1.75 bits per heavy atom. The molecule has 0 saturated carbocycles. The van der Waals surface area contributed by atoms with E-state index in [1.54, 1.807) is 0 Å². The molecule has 0 bridgehead atoms. The number of hydrogen-bond donors (Lipinski definition) is 0. The number of aromatic nitrogens is 6. The summed E-state index contributed by atoms with van der Waals surface area (Å²) in [6, 6.07) is 24.7. The molecule has 0 fully saturated rings. The van der Waals surface area contributed by atoms with Crippen LogP contribution in [0.3, 0.4) is 0 Å². The first-order valence-electron chi connectivity index (χ1n) is 10.6. The molecule has 7 aromatic rings. The number of nitrogens with zero attached hydrogens (tertiary/aromatic N) is 6. The van der Waals surface area contributed by atoms with Gasteiger partial charge in [-0.25, -0.2) is 19.9 Å². The van der Waals surface area contributed by atoms with Gasteiger partial charge in [-0.15, -0.1) is 0 Å². The van der Waals surface area contributed by atoms with Gasteiger partial charge in [0.05, 0.1) is 39.0 Å². The normalized spacial score (nSPS) is 12.1. The Hall–Kier alpha value is -4.32. The highest BCUT2D eigenvalue weighted by atomic mass is 15.1. The molecule has 0 spiro atoms. The fraction of sp³-hybridized carbons (Fsp3) is 0.0769. The minimum absolute atomic E-state index is 0.760. The molecule has 0 saturated heterocycles. The van der Waals surface area contributed by atoms with E-state index in [4.69, 9.17) is 19.9 Å². The third-order valence-corrected chi connectivity index (χ3v) is 6.22. The molecule has 6 heteroatoms. The Balaban J connectivity index is 1.98. The lowest BCUT2D eigenvalue weighted by atomic mass is 10.2. The third-order valence-electron chi connectivity index (χ3n) is 6.22. The highest BCUT2D eigenvalue weighted by molar-refractivity contribution is 6.05. The fourth-order valence-corrected chi connectivity index (χ4v) is 4.61. The summed E-state index contributed by atoms with van der Waals surface area (Å²) >= 11 is 0. The van der Waals surface area contributed by atoms with Gasteiger partial charge in [0.1, 0.15) is 5.52 Å². The number of rotatable bonds is 0. The zero-order valence-corrected chi connectivity index (χ0v) is 17.6. The van der Waals surface area contributed by atoms with E-state index in [9.17, 15) is 0 Å². The molecule has 0 unspecified atom stereocenters. The van der Waals surface area contributed by atoms with Gasteiger partial charge in [-0.05, 0) is 44.2 Å². The van der Waals surface area contributed by atoms with Gasteiger partial charge in [-0.3, -0.25) is 8.80 Å². The van der Waals surface area contributed by atoms with Crippen molar-refractivity contribution < 1.29 is 0 Å². The lowest BCUT2D eigenvalue weighted by Crippen LogP contribution is -2.00. The van der Waals surface area contributed by atoms with Crippen LogP contribution in [-0.2, 0) is 0 Å². The molecule has 6 nitrogen and oxygen atoms in total. The Morgan fingerprint density at radius 1 is 0.500 bits per heavy atom. The lowest BCUT2D eigenvalue weighted by Gasteiger charge is -2.09. The lowest BCUT2D eigenvalue weighted by molar-refractivity contribution is 1.07. The van der Waals surface area contributed by atoms with Gasteiger partial charge in [0.2, 0.25) is 0 Å². The molecule has 3 aromatic carbocycles. The molecule has 0 aliphatic carbocycles. The minimum Gasteiger partial charge on any atom is -0.289 e. The maximum atomic E-state index is 5.03. The number of aryl methyl sites for hydroxylation is 2. The van der Waals surface area contributed by atoms with Crippen molar-refractivity contribution in [2.24, 2.45) is 0 Å². The first-order valence-corrected chi connectivity index (χ1v) is 10.6. The third kappa shape index (κ3) is 2.18. The summed E-state index contributed by atoms with van der Waals surface area (Å²) in [6.07, 6.45) is 0. The summed E-state index contributed by atoms with van der Waals surface area (Å²) in [4.78, 5) is 20.1. The first-order chi connectivity index (χ1) is 15.7. The molecule has 0 amide bonds. The van der Waals surface area contributed by atoms with Crippen molar-refractivity contribution in [1.29, 1.82) is 0 Å². The van der Waals surface area contributed by atoms with E-state index in [1.807, 2.05) is 56.3 Å². The average molecular weight is 414 g/mol. The summed E-state index contributed by atoms with van der Waals surface area (Å²) in [7, 11) is 0. The zero-order chi connectivity index (χ0) is 21.4. The molecule has 0 N–H and O–H groups in total. The Morgan fingerprint density at radius 2 is 1.03 bits per heavy atom. The molecule has 4 heterocycles. The molecular formula is C26H18N6. The van der Waals surface area contributed by atoms with Crippen molar-refractivity contribution in [3.05, 3.63) is 84.2 Å². The monoisotopic (exact) mass is 414 g/mol. The molecule has 4 aromatic heterocycles. The van der Waals surface area contributed by atoms with Gasteiger partial charge < -0.3 is 0 Å². The maximum Gasteiger partial charge on any atom is 0.183 e. The van der Waals surface area contributed by atoms with Gasteiger partial charge >= 0.3 is 0 Å². The van der Waals surface area contributed by atoms with Crippen LogP contribution in [0.5, 0.6) is 0 Å². The molecule has 0 aliphatic rings. The second-order valence-corrected chi connectivity index (χ2v) is 8.10. The average Bonchev–Trinajstić information content (AvgIpc) is 3.38.